The van der Waals surface area contributed by atoms with Crippen molar-refractivity contribution in [2.45, 2.75) is 31.7 Å². The van der Waals surface area contributed by atoms with Crippen LogP contribution in [0.4, 0.5) is 4.39 Å². The highest BCUT2D eigenvalue weighted by molar-refractivity contribution is 9.10. The summed E-state index contributed by atoms with van der Waals surface area (Å²) < 4.78 is 14.3. The van der Waals surface area contributed by atoms with E-state index in [2.05, 4.69) is 15.9 Å². The maximum absolute atomic E-state index is 13.5. The second kappa shape index (κ2) is 4.50. The number of nitrogens with two attached hydrogens (primary N) is 1. The monoisotopic (exact) mass is 299 g/mol. The lowest BCUT2D eigenvalue weighted by atomic mass is 9.88. The second-order valence-corrected chi connectivity index (χ2v) is 5.81. The van der Waals surface area contributed by atoms with Gasteiger partial charge in [0.2, 0.25) is 0 Å². The summed E-state index contributed by atoms with van der Waals surface area (Å²) in [5, 5.41) is 0. The lowest BCUT2D eigenvalue weighted by Crippen LogP contribution is -2.48. The predicted molar refractivity (Wildman–Crippen MR) is 68.1 cm³/mol. The molecule has 0 spiro atoms. The first kappa shape index (κ1) is 12.7. The third kappa shape index (κ3) is 2.75. The number of ketones is 1. The van der Waals surface area contributed by atoms with Crippen LogP contribution in [0.5, 0.6) is 0 Å². The van der Waals surface area contributed by atoms with Crippen molar-refractivity contribution in [3.63, 3.8) is 0 Å². The topological polar surface area (TPSA) is 43.1 Å². The molecule has 0 aliphatic heterocycles. The molecule has 4 heteroatoms. The number of benzene rings is 1. The Hall–Kier alpha value is -0.740. The Kier molecular flexibility index (Phi) is 3.36. The van der Waals surface area contributed by atoms with Crippen molar-refractivity contribution in [3.8, 4) is 0 Å². The van der Waals surface area contributed by atoms with E-state index in [1.165, 1.54) is 6.07 Å². The molecular formula is C13H15BrFNO. The minimum atomic E-state index is -0.811. The second-order valence-electron chi connectivity index (χ2n) is 4.89. The van der Waals surface area contributed by atoms with E-state index in [1.807, 2.05) is 0 Å². The van der Waals surface area contributed by atoms with Gasteiger partial charge >= 0.3 is 0 Å². The number of hydrogen-bond donors (Lipinski definition) is 1. The first-order chi connectivity index (χ1) is 7.91. The number of hydrogen-bond acceptors (Lipinski definition) is 2. The van der Waals surface area contributed by atoms with Gasteiger partial charge in [-0.15, -0.1) is 0 Å². The number of carbonyl (C=O) groups is 1. The summed E-state index contributed by atoms with van der Waals surface area (Å²) in [6.07, 6.45) is 2.06. The fourth-order valence-corrected chi connectivity index (χ4v) is 2.36. The van der Waals surface area contributed by atoms with Crippen LogP contribution in [0.15, 0.2) is 22.7 Å². The third-order valence-electron chi connectivity index (χ3n) is 3.39. The minimum Gasteiger partial charge on any atom is -0.319 e. The molecule has 2 rings (SSSR count). The van der Waals surface area contributed by atoms with Crippen LogP contribution in [0.25, 0.3) is 0 Å². The van der Waals surface area contributed by atoms with Crippen molar-refractivity contribution in [1.82, 2.24) is 0 Å². The summed E-state index contributed by atoms with van der Waals surface area (Å²) in [7, 11) is 0. The first-order valence-electron chi connectivity index (χ1n) is 5.67. The molecule has 1 aliphatic rings. The molecule has 1 fully saturated rings. The van der Waals surface area contributed by atoms with E-state index in [0.717, 1.165) is 17.3 Å². The van der Waals surface area contributed by atoms with Gasteiger partial charge in [0.05, 0.1) is 5.54 Å². The molecule has 0 amide bonds. The molecule has 92 valence electrons. The Morgan fingerprint density at radius 1 is 1.59 bits per heavy atom. The molecule has 17 heavy (non-hydrogen) atoms. The maximum atomic E-state index is 13.5. The van der Waals surface area contributed by atoms with Crippen LogP contribution in [0.1, 0.15) is 25.3 Å². The Balaban J connectivity index is 2.15. The number of carbonyl (C=O) groups excluding carboxylic acids is 1. The largest absolute Gasteiger partial charge is 0.319 e. The zero-order chi connectivity index (χ0) is 12.6. The van der Waals surface area contributed by atoms with Gasteiger partial charge in [-0.2, -0.15) is 0 Å². The maximum Gasteiger partial charge on any atom is 0.157 e. The third-order valence-corrected chi connectivity index (χ3v) is 3.88. The van der Waals surface area contributed by atoms with Crippen LogP contribution >= 0.6 is 15.9 Å². The van der Waals surface area contributed by atoms with E-state index < -0.39 is 5.54 Å². The molecule has 2 N–H and O–H groups in total. The highest BCUT2D eigenvalue weighted by Gasteiger charge is 2.43. The number of halogens is 2. The van der Waals surface area contributed by atoms with E-state index in [0.29, 0.717) is 5.56 Å². The van der Waals surface area contributed by atoms with Crippen molar-refractivity contribution in [2.75, 3.05) is 0 Å². The van der Waals surface area contributed by atoms with Crippen molar-refractivity contribution in [2.24, 2.45) is 11.7 Å². The Morgan fingerprint density at radius 2 is 2.24 bits per heavy atom. The summed E-state index contributed by atoms with van der Waals surface area (Å²) >= 11 is 3.27. The highest BCUT2D eigenvalue weighted by Crippen LogP contribution is 2.39. The smallest absolute Gasteiger partial charge is 0.157 e. The minimum absolute atomic E-state index is 0.0643. The van der Waals surface area contributed by atoms with Gasteiger partial charge in [0.25, 0.3) is 0 Å². The van der Waals surface area contributed by atoms with E-state index >= 15 is 0 Å². The fourth-order valence-electron chi connectivity index (χ4n) is 1.95. The molecular weight excluding hydrogens is 285 g/mol. The molecule has 1 aliphatic carbocycles. The van der Waals surface area contributed by atoms with Crippen LogP contribution in [-0.2, 0) is 11.2 Å². The van der Waals surface area contributed by atoms with Crippen molar-refractivity contribution in [3.05, 3.63) is 34.1 Å². The summed E-state index contributed by atoms with van der Waals surface area (Å²) in [4.78, 5) is 12.1. The van der Waals surface area contributed by atoms with Gasteiger partial charge in [-0.3, -0.25) is 4.79 Å². The lowest BCUT2D eigenvalue weighted by Gasteiger charge is -2.22. The van der Waals surface area contributed by atoms with Crippen molar-refractivity contribution >= 4 is 21.7 Å². The normalized spacial score (nSPS) is 18.8. The molecule has 1 atom stereocenters. The van der Waals surface area contributed by atoms with E-state index in [1.54, 1.807) is 19.1 Å². The van der Waals surface area contributed by atoms with Crippen molar-refractivity contribution in [1.29, 1.82) is 0 Å². The standard InChI is InChI=1S/C13H15BrFNO/c1-13(16,9-2-3-9)12(17)7-8-6-10(14)4-5-11(8)15/h4-6,9H,2-3,7,16H2,1H3. The summed E-state index contributed by atoms with van der Waals surface area (Å²) in [5.74, 6) is -0.171. The molecule has 0 radical (unpaired) electrons. The molecule has 0 saturated heterocycles. The van der Waals surface area contributed by atoms with Crippen LogP contribution in [0, 0.1) is 11.7 Å². The van der Waals surface area contributed by atoms with Crippen molar-refractivity contribution < 1.29 is 9.18 Å². The number of rotatable bonds is 4. The molecule has 1 aromatic carbocycles. The van der Waals surface area contributed by atoms with Gasteiger partial charge in [0, 0.05) is 10.9 Å². The average molecular weight is 300 g/mol. The zero-order valence-electron chi connectivity index (χ0n) is 9.67. The molecule has 2 nitrogen and oxygen atoms in total. The van der Waals surface area contributed by atoms with E-state index in [4.69, 9.17) is 5.73 Å². The SMILES string of the molecule is CC(N)(C(=O)Cc1cc(Br)ccc1F)C1CC1. The quantitative estimate of drug-likeness (QED) is 0.929. The fraction of sp³-hybridized carbons (Fsp3) is 0.462. The van der Waals surface area contributed by atoms with Gasteiger partial charge in [0.15, 0.2) is 5.78 Å². The lowest BCUT2D eigenvalue weighted by molar-refractivity contribution is -0.123. The highest BCUT2D eigenvalue weighted by atomic mass is 79.9. The summed E-state index contributed by atoms with van der Waals surface area (Å²) in [6, 6.07) is 4.61. The molecule has 1 saturated carbocycles. The number of Topliss-reactive ketones (excluding diaryl/α,β-unsaturated/α-hetero) is 1. The molecule has 1 unspecified atom stereocenters. The van der Waals surface area contributed by atoms with Crippen LogP contribution in [0.2, 0.25) is 0 Å². The average Bonchev–Trinajstić information content (AvgIpc) is 3.07. The predicted octanol–water partition coefficient (Wildman–Crippen LogP) is 2.83. The summed E-state index contributed by atoms with van der Waals surface area (Å²) in [5.41, 5.74) is 5.61. The van der Waals surface area contributed by atoms with E-state index in [9.17, 15) is 9.18 Å². The molecule has 0 heterocycles. The summed E-state index contributed by atoms with van der Waals surface area (Å²) in [6.45, 7) is 1.75. The van der Waals surface area contributed by atoms with Gasteiger partial charge in [-0.25, -0.2) is 4.39 Å². The Bertz CT molecular complexity index is 455. The molecule has 0 aromatic heterocycles. The van der Waals surface area contributed by atoms with Gasteiger partial charge in [0.1, 0.15) is 5.82 Å². The zero-order valence-corrected chi connectivity index (χ0v) is 11.3. The molecule has 0 bridgehead atoms. The Labute approximate surface area is 109 Å². The van der Waals surface area contributed by atoms with Crippen LogP contribution < -0.4 is 5.73 Å². The van der Waals surface area contributed by atoms with Crippen LogP contribution in [0.3, 0.4) is 0 Å². The Morgan fingerprint density at radius 3 is 2.82 bits per heavy atom. The van der Waals surface area contributed by atoms with Gasteiger partial charge in [-0.1, -0.05) is 15.9 Å². The van der Waals surface area contributed by atoms with Gasteiger partial charge in [-0.05, 0) is 49.4 Å². The van der Waals surface area contributed by atoms with Gasteiger partial charge < -0.3 is 5.73 Å². The first-order valence-corrected chi connectivity index (χ1v) is 6.46. The van der Waals surface area contributed by atoms with E-state index in [-0.39, 0.29) is 23.9 Å². The molecule has 1 aromatic rings. The van der Waals surface area contributed by atoms with Crippen LogP contribution in [-0.4, -0.2) is 11.3 Å².